The Bertz CT molecular complexity index is 706. The highest BCUT2D eigenvalue weighted by Gasteiger charge is 2.32. The second-order valence-electron chi connectivity index (χ2n) is 7.60. The van der Waals surface area contributed by atoms with Crippen LogP contribution in [0.2, 0.25) is 0 Å². The molecule has 1 aromatic rings. The van der Waals surface area contributed by atoms with Gasteiger partial charge in [0.05, 0.1) is 20.3 Å². The van der Waals surface area contributed by atoms with E-state index in [2.05, 4.69) is 15.5 Å². The summed E-state index contributed by atoms with van der Waals surface area (Å²) in [5.41, 5.74) is 0.735. The highest BCUT2D eigenvalue weighted by molar-refractivity contribution is 5.97. The molecule has 2 aliphatic rings. The summed E-state index contributed by atoms with van der Waals surface area (Å²) in [6.45, 7) is 4.44. The van der Waals surface area contributed by atoms with Crippen molar-refractivity contribution in [3.05, 3.63) is 18.2 Å². The van der Waals surface area contributed by atoms with Crippen molar-refractivity contribution in [2.24, 2.45) is 0 Å². The molecule has 0 radical (unpaired) electrons. The van der Waals surface area contributed by atoms with E-state index in [1.54, 1.807) is 31.3 Å². The Morgan fingerprint density at radius 2 is 1.90 bits per heavy atom. The third kappa shape index (κ3) is 5.76. The number of anilines is 1. The number of likely N-dealkylation sites (tertiary alicyclic amines) is 1. The van der Waals surface area contributed by atoms with Gasteiger partial charge >= 0.3 is 6.03 Å². The Hall–Kier alpha value is -2.48. The number of ether oxygens (including phenoxy) is 2. The highest BCUT2D eigenvalue weighted by atomic mass is 16.5. The molecule has 3 amide bonds. The van der Waals surface area contributed by atoms with E-state index in [4.69, 9.17) is 9.47 Å². The van der Waals surface area contributed by atoms with Gasteiger partial charge in [0.1, 0.15) is 0 Å². The molecule has 160 valence electrons. The van der Waals surface area contributed by atoms with Gasteiger partial charge in [-0.3, -0.25) is 4.79 Å². The molecule has 29 heavy (non-hydrogen) atoms. The predicted octanol–water partition coefficient (Wildman–Crippen LogP) is 1.98. The Labute approximate surface area is 172 Å². The highest BCUT2D eigenvalue weighted by Crippen LogP contribution is 2.33. The molecule has 0 saturated carbocycles. The number of hydrogen-bond acceptors (Lipinski definition) is 5. The summed E-state index contributed by atoms with van der Waals surface area (Å²) >= 11 is 0. The summed E-state index contributed by atoms with van der Waals surface area (Å²) in [6.07, 6.45) is 5.11. The Balaban J connectivity index is 1.43. The van der Waals surface area contributed by atoms with Gasteiger partial charge in [-0.2, -0.15) is 0 Å². The largest absolute Gasteiger partial charge is 0.493 e. The van der Waals surface area contributed by atoms with Crippen LogP contribution in [-0.2, 0) is 4.79 Å². The first-order valence-corrected chi connectivity index (χ1v) is 10.4. The first kappa shape index (κ1) is 21.2. The van der Waals surface area contributed by atoms with Gasteiger partial charge in [0, 0.05) is 31.3 Å². The maximum Gasteiger partial charge on any atom is 0.315 e. The van der Waals surface area contributed by atoms with Crippen molar-refractivity contribution in [1.82, 2.24) is 15.5 Å². The third-order valence-electron chi connectivity index (χ3n) is 5.52. The average Bonchev–Trinajstić information content (AvgIpc) is 3.11. The molecule has 2 saturated heterocycles. The molecule has 1 atom stereocenters. The minimum atomic E-state index is -0.212. The van der Waals surface area contributed by atoms with Gasteiger partial charge in [-0.15, -0.1) is 0 Å². The van der Waals surface area contributed by atoms with Crippen LogP contribution in [0, 0.1) is 0 Å². The summed E-state index contributed by atoms with van der Waals surface area (Å²) in [6, 6.07) is 4.95. The maximum absolute atomic E-state index is 12.4. The number of carbonyl (C=O) groups excluding carboxylic acids is 2. The normalized spacial score (nSPS) is 19.9. The fourth-order valence-electron chi connectivity index (χ4n) is 3.97. The molecule has 3 rings (SSSR count). The zero-order valence-electron chi connectivity index (χ0n) is 17.4. The molecular weight excluding hydrogens is 372 g/mol. The van der Waals surface area contributed by atoms with Crippen LogP contribution in [0.15, 0.2) is 18.2 Å². The van der Waals surface area contributed by atoms with Crippen LogP contribution in [0.5, 0.6) is 11.5 Å². The minimum absolute atomic E-state index is 0.0207. The molecule has 0 unspecified atom stereocenters. The van der Waals surface area contributed by atoms with E-state index in [0.29, 0.717) is 24.6 Å². The van der Waals surface area contributed by atoms with Crippen molar-refractivity contribution in [3.8, 4) is 11.5 Å². The summed E-state index contributed by atoms with van der Waals surface area (Å²) in [4.78, 5) is 28.7. The minimum Gasteiger partial charge on any atom is -0.493 e. The molecule has 2 aliphatic heterocycles. The fraction of sp³-hybridized carbons (Fsp3) is 0.619. The van der Waals surface area contributed by atoms with E-state index in [-0.39, 0.29) is 24.4 Å². The van der Waals surface area contributed by atoms with Crippen LogP contribution in [0.4, 0.5) is 10.5 Å². The Morgan fingerprint density at radius 3 is 2.62 bits per heavy atom. The number of methoxy groups -OCH3 is 2. The SMILES string of the molecule is COc1ccc(N2C[C@H](NC(=O)NCCCN3CCCCC3)CC2=O)cc1OC. The molecule has 0 bridgehead atoms. The fourth-order valence-corrected chi connectivity index (χ4v) is 3.97. The molecule has 1 aromatic carbocycles. The summed E-state index contributed by atoms with van der Waals surface area (Å²) in [7, 11) is 3.14. The zero-order chi connectivity index (χ0) is 20.6. The molecule has 0 spiro atoms. The van der Waals surface area contributed by atoms with Crippen LogP contribution in [-0.4, -0.2) is 69.8 Å². The van der Waals surface area contributed by atoms with Gasteiger partial charge in [-0.25, -0.2) is 4.79 Å². The standard InChI is InChI=1S/C21H32N4O4/c1-28-18-8-7-17(14-19(18)29-2)25-15-16(13-20(25)26)23-21(27)22-9-6-12-24-10-4-3-5-11-24/h7-8,14,16H,3-6,9-13,15H2,1-2H3,(H2,22,23,27)/t16-/m1/s1. The number of urea groups is 1. The van der Waals surface area contributed by atoms with Crippen molar-refractivity contribution in [2.75, 3.05) is 51.8 Å². The molecule has 8 heteroatoms. The lowest BCUT2D eigenvalue weighted by Crippen LogP contribution is -2.44. The van der Waals surface area contributed by atoms with Gasteiger partial charge in [-0.1, -0.05) is 6.42 Å². The van der Waals surface area contributed by atoms with E-state index in [1.807, 2.05) is 6.07 Å². The average molecular weight is 405 g/mol. The van der Waals surface area contributed by atoms with Crippen LogP contribution >= 0.6 is 0 Å². The van der Waals surface area contributed by atoms with Gasteiger partial charge in [0.15, 0.2) is 11.5 Å². The topological polar surface area (TPSA) is 83.1 Å². The lowest BCUT2D eigenvalue weighted by Gasteiger charge is -2.26. The van der Waals surface area contributed by atoms with E-state index in [0.717, 1.165) is 18.7 Å². The Morgan fingerprint density at radius 1 is 1.14 bits per heavy atom. The first-order chi connectivity index (χ1) is 14.1. The number of benzene rings is 1. The van der Waals surface area contributed by atoms with Crippen molar-refractivity contribution < 1.29 is 19.1 Å². The lowest BCUT2D eigenvalue weighted by molar-refractivity contribution is -0.117. The molecule has 2 fully saturated rings. The predicted molar refractivity (Wildman–Crippen MR) is 112 cm³/mol. The van der Waals surface area contributed by atoms with Crippen molar-refractivity contribution in [1.29, 1.82) is 0 Å². The number of piperidine rings is 1. The summed E-state index contributed by atoms with van der Waals surface area (Å²) < 4.78 is 10.6. The number of nitrogens with one attached hydrogen (secondary N) is 2. The van der Waals surface area contributed by atoms with Gasteiger partial charge < -0.3 is 29.9 Å². The van der Waals surface area contributed by atoms with Crippen LogP contribution in [0.3, 0.4) is 0 Å². The number of nitrogens with zero attached hydrogens (tertiary/aromatic N) is 2. The van der Waals surface area contributed by atoms with E-state index in [9.17, 15) is 9.59 Å². The molecule has 0 aliphatic carbocycles. The summed E-state index contributed by atoms with van der Waals surface area (Å²) in [5, 5.41) is 5.83. The smallest absolute Gasteiger partial charge is 0.315 e. The van der Waals surface area contributed by atoms with E-state index in [1.165, 1.54) is 32.4 Å². The Kier molecular flexibility index (Phi) is 7.57. The second kappa shape index (κ2) is 10.3. The molecule has 0 aromatic heterocycles. The summed E-state index contributed by atoms with van der Waals surface area (Å²) in [5.74, 6) is 1.16. The lowest BCUT2D eigenvalue weighted by atomic mass is 10.1. The number of rotatable bonds is 8. The van der Waals surface area contributed by atoms with Gasteiger partial charge in [0.25, 0.3) is 0 Å². The monoisotopic (exact) mass is 404 g/mol. The number of hydrogen-bond donors (Lipinski definition) is 2. The first-order valence-electron chi connectivity index (χ1n) is 10.4. The molecule has 2 N–H and O–H groups in total. The number of amides is 3. The van der Waals surface area contributed by atoms with Crippen LogP contribution in [0.1, 0.15) is 32.1 Å². The number of carbonyl (C=O) groups is 2. The maximum atomic E-state index is 12.4. The van der Waals surface area contributed by atoms with Crippen molar-refractivity contribution in [3.63, 3.8) is 0 Å². The second-order valence-corrected chi connectivity index (χ2v) is 7.60. The molecule has 2 heterocycles. The van der Waals surface area contributed by atoms with Crippen LogP contribution in [0.25, 0.3) is 0 Å². The quantitative estimate of drug-likeness (QED) is 0.648. The van der Waals surface area contributed by atoms with Gasteiger partial charge in [-0.05, 0) is 51.0 Å². The van der Waals surface area contributed by atoms with Gasteiger partial charge in [0.2, 0.25) is 5.91 Å². The third-order valence-corrected chi connectivity index (χ3v) is 5.52. The van der Waals surface area contributed by atoms with Crippen molar-refractivity contribution in [2.45, 2.75) is 38.1 Å². The van der Waals surface area contributed by atoms with Crippen molar-refractivity contribution >= 4 is 17.6 Å². The molecular formula is C21H32N4O4. The van der Waals surface area contributed by atoms with E-state index >= 15 is 0 Å². The van der Waals surface area contributed by atoms with Crippen LogP contribution < -0.4 is 25.0 Å². The molecule has 8 nitrogen and oxygen atoms in total. The zero-order valence-corrected chi connectivity index (χ0v) is 17.4. The van der Waals surface area contributed by atoms with E-state index < -0.39 is 0 Å².